The van der Waals surface area contributed by atoms with E-state index in [4.69, 9.17) is 0 Å². The van der Waals surface area contributed by atoms with Gasteiger partial charge in [-0.2, -0.15) is 0 Å². The maximum atomic E-state index is 11.7. The van der Waals surface area contributed by atoms with Gasteiger partial charge in [-0.15, -0.1) is 0 Å². The summed E-state index contributed by atoms with van der Waals surface area (Å²) < 4.78 is 0. The molecule has 0 aliphatic heterocycles. The third kappa shape index (κ3) is 2.07. The Balaban J connectivity index is 2.55. The van der Waals surface area contributed by atoms with Crippen LogP contribution in [0.2, 0.25) is 0 Å². The van der Waals surface area contributed by atoms with Gasteiger partial charge >= 0.3 is 0 Å². The first-order valence-electron chi connectivity index (χ1n) is 4.63. The summed E-state index contributed by atoms with van der Waals surface area (Å²) in [7, 11) is 0. The Bertz CT molecular complexity index is 179. The van der Waals surface area contributed by atoms with Gasteiger partial charge < -0.3 is 5.11 Å². The molecule has 70 valence electrons. The van der Waals surface area contributed by atoms with Crippen molar-refractivity contribution in [1.82, 2.24) is 0 Å². The minimum atomic E-state index is -0.241. The fourth-order valence-corrected chi connectivity index (χ4v) is 1.81. The number of hydrogen-bond acceptors (Lipinski definition) is 2. The van der Waals surface area contributed by atoms with Crippen molar-refractivity contribution in [2.75, 3.05) is 0 Å². The summed E-state index contributed by atoms with van der Waals surface area (Å²) in [5.41, 5.74) is -0.241. The molecule has 1 fully saturated rings. The van der Waals surface area contributed by atoms with Crippen LogP contribution in [-0.4, -0.2) is 17.0 Å². The van der Waals surface area contributed by atoms with E-state index < -0.39 is 0 Å². The summed E-state index contributed by atoms with van der Waals surface area (Å²) in [6, 6.07) is 0. The van der Waals surface area contributed by atoms with E-state index in [1.54, 1.807) is 0 Å². The molecule has 0 bridgehead atoms. The second-order valence-electron chi connectivity index (χ2n) is 4.78. The van der Waals surface area contributed by atoms with Crippen LogP contribution in [0.15, 0.2) is 0 Å². The standard InChI is InChI=1S/C10H18O2/c1-10(2,3)9(12)7-4-5-8(11)6-7/h7-8,11H,4-6H2,1-3H3/t7-,8-/m1/s1. The quantitative estimate of drug-likeness (QED) is 0.651. The number of aliphatic hydroxyl groups is 1. The Morgan fingerprint density at radius 1 is 1.33 bits per heavy atom. The van der Waals surface area contributed by atoms with Crippen molar-refractivity contribution in [3.8, 4) is 0 Å². The van der Waals surface area contributed by atoms with Crippen LogP contribution in [0.3, 0.4) is 0 Å². The second-order valence-corrected chi connectivity index (χ2v) is 4.78. The monoisotopic (exact) mass is 170 g/mol. The highest BCUT2D eigenvalue weighted by Gasteiger charge is 2.34. The zero-order valence-corrected chi connectivity index (χ0v) is 8.13. The molecule has 2 atom stereocenters. The molecule has 0 aromatic carbocycles. The molecule has 2 heteroatoms. The largest absolute Gasteiger partial charge is 0.393 e. The summed E-state index contributed by atoms with van der Waals surface area (Å²) in [6.45, 7) is 5.83. The lowest BCUT2D eigenvalue weighted by atomic mass is 9.82. The molecule has 1 aliphatic carbocycles. The van der Waals surface area contributed by atoms with Crippen LogP contribution in [0.25, 0.3) is 0 Å². The summed E-state index contributed by atoms with van der Waals surface area (Å²) in [4.78, 5) is 11.7. The molecule has 2 nitrogen and oxygen atoms in total. The Hall–Kier alpha value is -0.370. The number of ketones is 1. The van der Waals surface area contributed by atoms with Crippen LogP contribution in [0.1, 0.15) is 40.0 Å². The van der Waals surface area contributed by atoms with E-state index in [1.165, 1.54) is 0 Å². The molecular weight excluding hydrogens is 152 g/mol. The van der Waals surface area contributed by atoms with Crippen LogP contribution in [0.4, 0.5) is 0 Å². The van der Waals surface area contributed by atoms with E-state index in [9.17, 15) is 9.90 Å². The number of rotatable bonds is 1. The molecule has 0 heterocycles. The number of Topliss-reactive ketones (excluding diaryl/α,β-unsaturated/α-hetero) is 1. The van der Waals surface area contributed by atoms with Gasteiger partial charge in [0.15, 0.2) is 0 Å². The topological polar surface area (TPSA) is 37.3 Å². The normalized spacial score (nSPS) is 30.7. The van der Waals surface area contributed by atoms with Gasteiger partial charge in [-0.3, -0.25) is 4.79 Å². The van der Waals surface area contributed by atoms with E-state index in [-0.39, 0.29) is 17.4 Å². The van der Waals surface area contributed by atoms with Crippen molar-refractivity contribution >= 4 is 5.78 Å². The molecule has 1 saturated carbocycles. The SMILES string of the molecule is CC(C)(C)C(=O)[C@@H]1CC[C@@H](O)C1. The number of aliphatic hydroxyl groups excluding tert-OH is 1. The van der Waals surface area contributed by atoms with Crippen molar-refractivity contribution in [3.63, 3.8) is 0 Å². The van der Waals surface area contributed by atoms with Crippen LogP contribution < -0.4 is 0 Å². The second kappa shape index (κ2) is 3.17. The third-order valence-corrected chi connectivity index (χ3v) is 2.51. The van der Waals surface area contributed by atoms with E-state index >= 15 is 0 Å². The molecule has 0 radical (unpaired) electrons. The van der Waals surface area contributed by atoms with Crippen molar-refractivity contribution < 1.29 is 9.90 Å². The van der Waals surface area contributed by atoms with E-state index in [1.807, 2.05) is 20.8 Å². The van der Waals surface area contributed by atoms with Crippen LogP contribution in [0, 0.1) is 11.3 Å². The minimum absolute atomic E-state index is 0.111. The number of carbonyl (C=O) groups excluding carboxylic acids is 1. The predicted molar refractivity (Wildman–Crippen MR) is 47.8 cm³/mol. The molecule has 1 rings (SSSR count). The highest BCUT2D eigenvalue weighted by Crippen LogP contribution is 2.32. The fourth-order valence-electron chi connectivity index (χ4n) is 1.81. The lowest BCUT2D eigenvalue weighted by Gasteiger charge is -2.20. The Morgan fingerprint density at radius 2 is 1.92 bits per heavy atom. The van der Waals surface area contributed by atoms with Crippen molar-refractivity contribution in [1.29, 1.82) is 0 Å². The van der Waals surface area contributed by atoms with E-state index in [0.29, 0.717) is 12.2 Å². The van der Waals surface area contributed by atoms with Crippen molar-refractivity contribution in [2.45, 2.75) is 46.1 Å². The van der Waals surface area contributed by atoms with Crippen molar-refractivity contribution in [3.05, 3.63) is 0 Å². The Morgan fingerprint density at radius 3 is 2.25 bits per heavy atom. The highest BCUT2D eigenvalue weighted by atomic mass is 16.3. The molecule has 0 aromatic rings. The molecule has 0 aromatic heterocycles. The average Bonchev–Trinajstić information content (AvgIpc) is 2.32. The maximum absolute atomic E-state index is 11.7. The van der Waals surface area contributed by atoms with Crippen LogP contribution in [-0.2, 0) is 4.79 Å². The molecule has 1 aliphatic rings. The molecule has 12 heavy (non-hydrogen) atoms. The van der Waals surface area contributed by atoms with Crippen molar-refractivity contribution in [2.24, 2.45) is 11.3 Å². The fraction of sp³-hybridized carbons (Fsp3) is 0.900. The first-order valence-corrected chi connectivity index (χ1v) is 4.63. The molecule has 0 saturated heterocycles. The summed E-state index contributed by atoms with van der Waals surface area (Å²) >= 11 is 0. The van der Waals surface area contributed by atoms with Gasteiger partial charge in [-0.1, -0.05) is 20.8 Å². The lowest BCUT2D eigenvalue weighted by Crippen LogP contribution is -2.27. The molecule has 1 N–H and O–H groups in total. The average molecular weight is 170 g/mol. The maximum Gasteiger partial charge on any atom is 0.141 e. The molecule has 0 amide bonds. The summed E-state index contributed by atoms with van der Waals surface area (Å²) in [5.74, 6) is 0.416. The molecular formula is C10H18O2. The zero-order valence-electron chi connectivity index (χ0n) is 8.13. The molecule has 0 unspecified atom stereocenters. The van der Waals surface area contributed by atoms with E-state index in [0.717, 1.165) is 12.8 Å². The zero-order chi connectivity index (χ0) is 9.35. The van der Waals surface area contributed by atoms with Gasteiger partial charge in [0.05, 0.1) is 6.10 Å². The third-order valence-electron chi connectivity index (χ3n) is 2.51. The number of hydrogen-bond donors (Lipinski definition) is 1. The van der Waals surface area contributed by atoms with Crippen LogP contribution in [0.5, 0.6) is 0 Å². The smallest absolute Gasteiger partial charge is 0.141 e. The first kappa shape index (κ1) is 9.72. The van der Waals surface area contributed by atoms with Gasteiger partial charge in [0, 0.05) is 11.3 Å². The summed E-state index contributed by atoms with van der Waals surface area (Å²) in [6.07, 6.45) is 2.11. The Labute approximate surface area is 74.0 Å². The summed E-state index contributed by atoms with van der Waals surface area (Å²) in [5, 5.41) is 9.26. The number of carbonyl (C=O) groups is 1. The minimum Gasteiger partial charge on any atom is -0.393 e. The van der Waals surface area contributed by atoms with Gasteiger partial charge in [0.1, 0.15) is 5.78 Å². The van der Waals surface area contributed by atoms with Gasteiger partial charge in [0.25, 0.3) is 0 Å². The molecule has 0 spiro atoms. The van der Waals surface area contributed by atoms with Crippen LogP contribution >= 0.6 is 0 Å². The Kier molecular flexibility index (Phi) is 2.57. The van der Waals surface area contributed by atoms with E-state index in [2.05, 4.69) is 0 Å². The van der Waals surface area contributed by atoms with Gasteiger partial charge in [-0.25, -0.2) is 0 Å². The predicted octanol–water partition coefficient (Wildman–Crippen LogP) is 1.76. The van der Waals surface area contributed by atoms with Gasteiger partial charge in [-0.05, 0) is 19.3 Å². The highest BCUT2D eigenvalue weighted by molar-refractivity contribution is 5.86. The lowest BCUT2D eigenvalue weighted by molar-refractivity contribution is -0.130. The van der Waals surface area contributed by atoms with Gasteiger partial charge in [0.2, 0.25) is 0 Å². The first-order chi connectivity index (χ1) is 5.41.